The molecule has 2 heterocycles. The number of ketones is 1. The summed E-state index contributed by atoms with van der Waals surface area (Å²) in [5.74, 6) is -9.54. The Labute approximate surface area is 170 Å². The third kappa shape index (κ3) is 3.16. The second kappa shape index (κ2) is 7.14. The smallest absolute Gasteiger partial charge is 0.161 e. The van der Waals surface area contributed by atoms with E-state index in [1.807, 2.05) is 0 Å². The van der Waals surface area contributed by atoms with E-state index in [4.69, 9.17) is 34.1 Å². The molecule has 132 valence electrons. The van der Waals surface area contributed by atoms with Crippen LogP contribution < -0.4 is 9.47 Å². The molecule has 0 aromatic heterocycles. The molecule has 0 spiro atoms. The lowest BCUT2D eigenvalue weighted by Gasteiger charge is -2.43. The Morgan fingerprint density at radius 2 is 2.25 bits per heavy atom. The lowest BCUT2D eigenvalue weighted by molar-refractivity contribution is -0.129. The maximum Gasteiger partial charge on any atom is 0.161 e. The summed E-state index contributed by atoms with van der Waals surface area (Å²) in [6.07, 6.45) is -10.4. The number of fused-ring (bicyclic) bond motifs is 3. The van der Waals surface area contributed by atoms with Crippen molar-refractivity contribution in [2.45, 2.75) is 45.4 Å². The zero-order chi connectivity index (χ0) is 32.9. The van der Waals surface area contributed by atoms with Gasteiger partial charge in [-0.05, 0) is 41.9 Å². The summed E-state index contributed by atoms with van der Waals surface area (Å²) in [4.78, 5) is 14.5. The Balaban J connectivity index is 2.27. The van der Waals surface area contributed by atoms with Crippen LogP contribution in [0.15, 0.2) is 12.1 Å². The van der Waals surface area contributed by atoms with Gasteiger partial charge in [0.1, 0.15) is 5.78 Å². The maximum absolute atomic E-state index is 13.8. The van der Waals surface area contributed by atoms with Crippen LogP contribution in [0, 0.1) is 11.8 Å². The van der Waals surface area contributed by atoms with Crippen LogP contribution in [-0.2, 0) is 11.2 Å². The van der Waals surface area contributed by atoms with Crippen molar-refractivity contribution in [2.75, 3.05) is 27.1 Å². The summed E-state index contributed by atoms with van der Waals surface area (Å²) in [5, 5.41) is 0. The second-order valence-electron chi connectivity index (χ2n) is 5.39. The SMILES string of the molecule is [2H]C([2H])([2H])Oc1cc2c(cc1OC([2H])([2H])[2H])C1N(CC2)C([2H])([2H])C(C([2H])([2H])C([2H])(C([2H])([2H])[2H])C([2H])([2H])C)C(=O)C1([2H])[2H]. The first kappa shape index (κ1) is 5.73. The van der Waals surface area contributed by atoms with Crippen LogP contribution in [0.25, 0.3) is 0 Å². The fraction of sp³-hybridized carbons (Fsp3) is 0.650. The number of ether oxygens (including phenoxy) is 2. The van der Waals surface area contributed by atoms with E-state index < -0.39 is 88.2 Å². The Hall–Kier alpha value is -1.55. The monoisotopic (exact) mass is 349 g/mol. The van der Waals surface area contributed by atoms with Gasteiger partial charge in [-0.25, -0.2) is 0 Å². The summed E-state index contributed by atoms with van der Waals surface area (Å²) < 4.78 is 154. The maximum atomic E-state index is 13.8. The number of Topliss-reactive ketones (excluding diaryl/α,β-unsaturated/α-hetero) is 1. The van der Waals surface area contributed by atoms with Gasteiger partial charge in [0.05, 0.1) is 22.3 Å². The van der Waals surface area contributed by atoms with Crippen molar-refractivity contribution in [1.82, 2.24) is 4.90 Å². The molecule has 0 radical (unpaired) electrons. The van der Waals surface area contributed by atoms with Gasteiger partial charge in [0.2, 0.25) is 0 Å². The minimum atomic E-state index is -3.80. The molecule has 2 aliphatic rings. The highest BCUT2D eigenvalue weighted by molar-refractivity contribution is 5.83. The predicted molar refractivity (Wildman–Crippen MR) is 94.8 cm³/mol. The molecule has 1 fully saturated rings. The fourth-order valence-corrected chi connectivity index (χ4v) is 2.84. The first-order valence-electron chi connectivity index (χ1n) is 16.3. The van der Waals surface area contributed by atoms with Gasteiger partial charge in [-0.15, -0.1) is 0 Å². The van der Waals surface area contributed by atoms with E-state index in [2.05, 4.69) is 0 Å². The molecular formula is C20H29NO3. The van der Waals surface area contributed by atoms with Gasteiger partial charge < -0.3 is 9.47 Å². The van der Waals surface area contributed by atoms with Crippen molar-refractivity contribution in [2.24, 2.45) is 11.8 Å². The van der Waals surface area contributed by atoms with Gasteiger partial charge >= 0.3 is 0 Å². The van der Waals surface area contributed by atoms with Gasteiger partial charge in [-0.3, -0.25) is 9.69 Å². The van der Waals surface area contributed by atoms with E-state index in [-0.39, 0.29) is 17.5 Å². The minimum absolute atomic E-state index is 0.143. The minimum Gasteiger partial charge on any atom is -0.493 e. The third-order valence-corrected chi connectivity index (χ3v) is 4.03. The average molecular weight is 350 g/mol. The van der Waals surface area contributed by atoms with E-state index in [9.17, 15) is 4.79 Å². The largest absolute Gasteiger partial charge is 0.493 e. The van der Waals surface area contributed by atoms with Crippen LogP contribution in [0.2, 0.25) is 0 Å². The van der Waals surface area contributed by atoms with Crippen molar-refractivity contribution in [3.05, 3.63) is 23.3 Å². The highest BCUT2D eigenvalue weighted by Crippen LogP contribution is 2.42. The molecule has 0 bridgehead atoms. The van der Waals surface area contributed by atoms with E-state index in [1.165, 1.54) is 0 Å². The standard InChI is InChI=1S/C20H29NO3/c1-5-13(2)8-15-12-21-7-6-14-9-19(23-3)20(24-4)10-16(14)17(21)11-18(15)22/h9-10,13,15,17H,5-8,11-12H2,1-4H3/i2D3,3D3,4D3,5D2,8D2,11D2,12D2,13D. The average Bonchev–Trinajstić information content (AvgIpc) is 2.73. The number of benzene rings is 1. The van der Waals surface area contributed by atoms with E-state index >= 15 is 0 Å². The summed E-state index contributed by atoms with van der Waals surface area (Å²) in [6, 6.07) is 0.0942. The van der Waals surface area contributed by atoms with Crippen LogP contribution >= 0.6 is 0 Å². The Morgan fingerprint density at radius 1 is 1.46 bits per heavy atom. The number of hydrogen-bond acceptors (Lipinski definition) is 4. The molecule has 1 saturated heterocycles. The topological polar surface area (TPSA) is 38.8 Å². The van der Waals surface area contributed by atoms with Crippen LogP contribution in [0.5, 0.6) is 11.5 Å². The molecule has 1 aromatic carbocycles. The molecule has 3 unspecified atom stereocenters. The predicted octanol–water partition coefficient (Wildman–Crippen LogP) is 3.63. The fourth-order valence-electron chi connectivity index (χ4n) is 2.84. The first-order valence-corrected chi connectivity index (χ1v) is 7.27. The lowest BCUT2D eigenvalue weighted by Crippen LogP contribution is -2.46. The molecule has 3 atom stereocenters. The number of hydrogen-bond donors (Lipinski definition) is 0. The first-order chi connectivity index (χ1) is 18.4. The number of rotatable bonds is 5. The van der Waals surface area contributed by atoms with Gasteiger partial charge in [-0.1, -0.05) is 20.1 Å². The Morgan fingerprint density at radius 3 is 2.96 bits per heavy atom. The molecule has 2 aliphatic heterocycles. The second-order valence-corrected chi connectivity index (χ2v) is 5.39. The number of carbonyl (C=O) groups excluding carboxylic acids is 1. The highest BCUT2D eigenvalue weighted by Gasteiger charge is 2.38. The van der Waals surface area contributed by atoms with Gasteiger partial charge in [0.25, 0.3) is 0 Å². The van der Waals surface area contributed by atoms with E-state index in [1.54, 1.807) is 0 Å². The zero-order valence-electron chi connectivity index (χ0n) is 30.9. The van der Waals surface area contributed by atoms with Crippen molar-refractivity contribution in [1.29, 1.82) is 0 Å². The molecule has 0 N–H and O–H groups in total. The molecule has 4 nitrogen and oxygen atoms in total. The van der Waals surface area contributed by atoms with Crippen molar-refractivity contribution >= 4 is 5.78 Å². The Bertz CT molecular complexity index is 1210. The summed E-state index contributed by atoms with van der Waals surface area (Å²) in [5.41, 5.74) is -0.0528. The van der Waals surface area contributed by atoms with Crippen LogP contribution in [0.4, 0.5) is 0 Å². The van der Waals surface area contributed by atoms with Crippen molar-refractivity contribution in [3.63, 3.8) is 0 Å². The molecule has 4 heteroatoms. The normalized spacial score (nSPS) is 44.3. The summed E-state index contributed by atoms with van der Waals surface area (Å²) in [7, 11) is -6.19. The third-order valence-electron chi connectivity index (χ3n) is 4.03. The number of carbonyl (C=O) groups is 1. The van der Waals surface area contributed by atoms with Crippen molar-refractivity contribution < 1.29 is 38.9 Å². The van der Waals surface area contributed by atoms with Crippen molar-refractivity contribution in [3.8, 4) is 11.5 Å². The highest BCUT2D eigenvalue weighted by atomic mass is 16.5. The van der Waals surface area contributed by atoms with E-state index in [0.29, 0.717) is 6.92 Å². The lowest BCUT2D eigenvalue weighted by atomic mass is 9.79. The van der Waals surface area contributed by atoms with Gasteiger partial charge in [-0.2, -0.15) is 0 Å². The zero-order valence-corrected chi connectivity index (χ0v) is 12.9. The van der Waals surface area contributed by atoms with E-state index in [0.717, 1.165) is 17.0 Å². The summed E-state index contributed by atoms with van der Waals surface area (Å²) in [6.45, 7) is -6.75. The Kier molecular flexibility index (Phi) is 1.70. The molecule has 0 amide bonds. The number of piperidine rings is 1. The van der Waals surface area contributed by atoms with Crippen LogP contribution in [0.1, 0.15) is 74.7 Å². The summed E-state index contributed by atoms with van der Waals surface area (Å²) >= 11 is 0. The molecule has 3 rings (SSSR count). The number of nitrogens with zero attached hydrogens (tertiary/aromatic N) is 1. The van der Waals surface area contributed by atoms with Crippen LogP contribution in [-0.4, -0.2) is 37.8 Å². The quantitative estimate of drug-likeness (QED) is 0.814. The van der Waals surface area contributed by atoms with Gasteiger partial charge in [0, 0.05) is 47.8 Å². The van der Waals surface area contributed by atoms with Gasteiger partial charge in [0.15, 0.2) is 11.5 Å². The molecule has 24 heavy (non-hydrogen) atoms. The molecule has 0 aliphatic carbocycles. The molecule has 0 saturated carbocycles. The number of methoxy groups -OCH3 is 2. The molecular weight excluding hydrogens is 302 g/mol. The van der Waals surface area contributed by atoms with Crippen LogP contribution in [0.3, 0.4) is 0 Å². The molecule has 1 aromatic rings.